The zero-order valence-corrected chi connectivity index (χ0v) is 11.3. The molecule has 2 heterocycles. The van der Waals surface area contributed by atoms with E-state index in [9.17, 15) is 4.79 Å². The minimum absolute atomic E-state index is 0.100. The smallest absolute Gasteiger partial charge is 0.319 e. The molecule has 5 heteroatoms. The third kappa shape index (κ3) is 3.04. The van der Waals surface area contributed by atoms with Gasteiger partial charge in [-0.05, 0) is 19.1 Å². The molecule has 0 atom stereocenters. The average molecular weight is 251 g/mol. The monoisotopic (exact) mass is 251 g/mol. The lowest BCUT2D eigenvalue weighted by atomic mass is 10.3. The molecule has 5 nitrogen and oxygen atoms in total. The van der Waals surface area contributed by atoms with E-state index in [2.05, 4.69) is 4.90 Å². The third-order valence-corrected chi connectivity index (χ3v) is 3.20. The van der Waals surface area contributed by atoms with Crippen LogP contribution < -0.4 is 0 Å². The highest BCUT2D eigenvalue weighted by molar-refractivity contribution is 5.73. The van der Waals surface area contributed by atoms with Gasteiger partial charge in [0.1, 0.15) is 11.5 Å². The number of aryl methyl sites for hydroxylation is 1. The molecule has 100 valence electrons. The molecule has 0 aliphatic carbocycles. The number of hydrogen-bond acceptors (Lipinski definition) is 3. The fraction of sp³-hybridized carbons (Fsp3) is 0.615. The van der Waals surface area contributed by atoms with Crippen molar-refractivity contribution in [2.45, 2.75) is 13.5 Å². The topological polar surface area (TPSA) is 39.9 Å². The number of hydrogen-bond donors (Lipinski definition) is 0. The average Bonchev–Trinajstić information content (AvgIpc) is 2.75. The quantitative estimate of drug-likeness (QED) is 0.797. The highest BCUT2D eigenvalue weighted by atomic mass is 16.3. The van der Waals surface area contributed by atoms with E-state index in [-0.39, 0.29) is 6.03 Å². The number of furan rings is 1. The number of carbonyl (C=O) groups is 1. The van der Waals surface area contributed by atoms with Crippen LogP contribution in [0.5, 0.6) is 0 Å². The largest absolute Gasteiger partial charge is 0.465 e. The minimum Gasteiger partial charge on any atom is -0.465 e. The van der Waals surface area contributed by atoms with Crippen LogP contribution >= 0.6 is 0 Å². The van der Waals surface area contributed by atoms with Gasteiger partial charge >= 0.3 is 6.03 Å². The van der Waals surface area contributed by atoms with Crippen LogP contribution in [0, 0.1) is 6.92 Å². The molecule has 2 amide bonds. The van der Waals surface area contributed by atoms with E-state index in [1.54, 1.807) is 19.0 Å². The van der Waals surface area contributed by atoms with E-state index in [0.29, 0.717) is 0 Å². The van der Waals surface area contributed by atoms with Crippen LogP contribution in [0.3, 0.4) is 0 Å². The van der Waals surface area contributed by atoms with Crippen molar-refractivity contribution in [3.63, 3.8) is 0 Å². The third-order valence-electron chi connectivity index (χ3n) is 3.20. The maximum Gasteiger partial charge on any atom is 0.319 e. The molecule has 0 bridgehead atoms. The molecule has 0 N–H and O–H groups in total. The lowest BCUT2D eigenvalue weighted by Gasteiger charge is -2.35. The molecule has 0 aromatic carbocycles. The molecule has 1 aromatic rings. The first-order valence-corrected chi connectivity index (χ1v) is 6.30. The van der Waals surface area contributed by atoms with Crippen molar-refractivity contribution in [1.82, 2.24) is 14.7 Å². The number of carbonyl (C=O) groups excluding carboxylic acids is 1. The van der Waals surface area contributed by atoms with Crippen LogP contribution in [0.15, 0.2) is 16.5 Å². The van der Waals surface area contributed by atoms with Crippen molar-refractivity contribution >= 4 is 6.03 Å². The van der Waals surface area contributed by atoms with E-state index in [1.807, 2.05) is 24.0 Å². The minimum atomic E-state index is 0.100. The van der Waals surface area contributed by atoms with E-state index < -0.39 is 0 Å². The Hall–Kier alpha value is -1.49. The second kappa shape index (κ2) is 5.44. The van der Waals surface area contributed by atoms with Gasteiger partial charge in [0.2, 0.25) is 0 Å². The van der Waals surface area contributed by atoms with Crippen molar-refractivity contribution in [3.8, 4) is 0 Å². The number of nitrogens with zero attached hydrogens (tertiary/aromatic N) is 3. The summed E-state index contributed by atoms with van der Waals surface area (Å²) in [5.74, 6) is 1.95. The molecule has 0 saturated carbocycles. The predicted octanol–water partition coefficient (Wildman–Crippen LogP) is 1.39. The zero-order valence-electron chi connectivity index (χ0n) is 11.3. The fourth-order valence-corrected chi connectivity index (χ4v) is 2.17. The molecular formula is C13H21N3O2. The lowest BCUT2D eigenvalue weighted by molar-refractivity contribution is 0.116. The second-order valence-corrected chi connectivity index (χ2v) is 4.95. The zero-order chi connectivity index (χ0) is 13.1. The normalized spacial score (nSPS) is 16.9. The second-order valence-electron chi connectivity index (χ2n) is 4.95. The summed E-state index contributed by atoms with van der Waals surface area (Å²) in [7, 11) is 3.58. The standard InChI is InChI=1S/C13H21N3O2/c1-11-4-5-12(18-11)10-15-6-8-16(9-7-15)13(17)14(2)3/h4-5H,6-10H2,1-3H3. The van der Waals surface area contributed by atoms with Crippen molar-refractivity contribution in [3.05, 3.63) is 23.7 Å². The Morgan fingerprint density at radius 1 is 1.28 bits per heavy atom. The predicted molar refractivity (Wildman–Crippen MR) is 69.4 cm³/mol. The Morgan fingerprint density at radius 3 is 2.44 bits per heavy atom. The van der Waals surface area contributed by atoms with E-state index in [4.69, 9.17) is 4.42 Å². The first-order chi connectivity index (χ1) is 8.56. The van der Waals surface area contributed by atoms with Crippen LogP contribution in [0.4, 0.5) is 4.79 Å². The SMILES string of the molecule is Cc1ccc(CN2CCN(C(=O)N(C)C)CC2)o1. The number of amides is 2. The van der Waals surface area contributed by atoms with Gasteiger partial charge < -0.3 is 14.2 Å². The van der Waals surface area contributed by atoms with Gasteiger partial charge in [0, 0.05) is 40.3 Å². The van der Waals surface area contributed by atoms with Gasteiger partial charge in [0.25, 0.3) is 0 Å². The fourth-order valence-electron chi connectivity index (χ4n) is 2.17. The van der Waals surface area contributed by atoms with Crippen LogP contribution in [0.1, 0.15) is 11.5 Å². The van der Waals surface area contributed by atoms with Gasteiger partial charge in [-0.3, -0.25) is 4.90 Å². The summed E-state index contributed by atoms with van der Waals surface area (Å²) in [6.07, 6.45) is 0. The number of urea groups is 1. The molecule has 0 radical (unpaired) electrons. The summed E-state index contributed by atoms with van der Waals surface area (Å²) >= 11 is 0. The number of piperazine rings is 1. The van der Waals surface area contributed by atoms with E-state index in [0.717, 1.165) is 44.2 Å². The van der Waals surface area contributed by atoms with Gasteiger partial charge in [0.15, 0.2) is 0 Å². The molecule has 1 aliphatic heterocycles. The van der Waals surface area contributed by atoms with Gasteiger partial charge in [-0.15, -0.1) is 0 Å². The van der Waals surface area contributed by atoms with Crippen molar-refractivity contribution in [2.24, 2.45) is 0 Å². The van der Waals surface area contributed by atoms with Gasteiger partial charge in [-0.1, -0.05) is 0 Å². The summed E-state index contributed by atoms with van der Waals surface area (Å²) in [5.41, 5.74) is 0. The van der Waals surface area contributed by atoms with Crippen molar-refractivity contribution in [2.75, 3.05) is 40.3 Å². The Labute approximate surface area is 108 Å². The van der Waals surface area contributed by atoms with Gasteiger partial charge in [-0.25, -0.2) is 4.79 Å². The summed E-state index contributed by atoms with van der Waals surface area (Å²) < 4.78 is 5.57. The Kier molecular flexibility index (Phi) is 3.91. The van der Waals surface area contributed by atoms with Crippen molar-refractivity contribution < 1.29 is 9.21 Å². The van der Waals surface area contributed by atoms with E-state index in [1.165, 1.54) is 0 Å². The molecule has 1 fully saturated rings. The highest BCUT2D eigenvalue weighted by Crippen LogP contribution is 2.12. The maximum atomic E-state index is 11.8. The summed E-state index contributed by atoms with van der Waals surface area (Å²) in [5, 5.41) is 0. The van der Waals surface area contributed by atoms with Gasteiger partial charge in [0.05, 0.1) is 6.54 Å². The molecule has 18 heavy (non-hydrogen) atoms. The first-order valence-electron chi connectivity index (χ1n) is 6.30. The molecule has 1 aromatic heterocycles. The molecular weight excluding hydrogens is 230 g/mol. The Morgan fingerprint density at radius 2 is 1.94 bits per heavy atom. The molecule has 2 rings (SSSR count). The molecule has 1 aliphatic rings. The highest BCUT2D eigenvalue weighted by Gasteiger charge is 2.22. The summed E-state index contributed by atoms with van der Waals surface area (Å²) in [6.45, 7) is 6.17. The Balaban J connectivity index is 1.82. The van der Waals surface area contributed by atoms with Crippen LogP contribution in [0.2, 0.25) is 0 Å². The summed E-state index contributed by atoms with van der Waals surface area (Å²) in [6, 6.07) is 4.11. The van der Waals surface area contributed by atoms with Crippen molar-refractivity contribution in [1.29, 1.82) is 0 Å². The molecule has 1 saturated heterocycles. The van der Waals surface area contributed by atoms with E-state index >= 15 is 0 Å². The Bertz CT molecular complexity index is 406. The van der Waals surface area contributed by atoms with Gasteiger partial charge in [-0.2, -0.15) is 0 Å². The van der Waals surface area contributed by atoms with Crippen LogP contribution in [-0.2, 0) is 6.54 Å². The lowest BCUT2D eigenvalue weighted by Crippen LogP contribution is -2.51. The molecule has 0 unspecified atom stereocenters. The first kappa shape index (κ1) is 13.0. The van der Waals surface area contributed by atoms with Crippen LogP contribution in [-0.4, -0.2) is 61.0 Å². The maximum absolute atomic E-state index is 11.8. The summed E-state index contributed by atoms with van der Waals surface area (Å²) in [4.78, 5) is 17.6. The van der Waals surface area contributed by atoms with Crippen LogP contribution in [0.25, 0.3) is 0 Å². The molecule has 0 spiro atoms. The number of rotatable bonds is 2.